The van der Waals surface area contributed by atoms with Crippen molar-refractivity contribution in [1.29, 1.82) is 0 Å². The van der Waals surface area contributed by atoms with Crippen LogP contribution in [0.4, 0.5) is 0 Å². The minimum absolute atomic E-state index is 0.0800. The van der Waals surface area contributed by atoms with Gasteiger partial charge in [0, 0.05) is 18.0 Å². The molecule has 3 aliphatic carbocycles. The van der Waals surface area contributed by atoms with Crippen LogP contribution >= 0.6 is 0 Å². The maximum Gasteiger partial charge on any atom is 0.290 e. The van der Waals surface area contributed by atoms with Crippen LogP contribution < -0.4 is 10.5 Å². The first-order valence-electron chi connectivity index (χ1n) is 5.93. The predicted molar refractivity (Wildman–Crippen MR) is 62.6 cm³/mol. The highest BCUT2D eigenvalue weighted by Crippen LogP contribution is 2.52. The molecule has 1 amide bonds. The van der Waals surface area contributed by atoms with E-state index in [2.05, 4.69) is 10.5 Å². The van der Waals surface area contributed by atoms with Crippen LogP contribution in [0, 0.1) is 5.41 Å². The summed E-state index contributed by atoms with van der Waals surface area (Å²) in [5.74, 6) is 0.195. The number of fused-ring (bicyclic) bond motifs is 3. The highest BCUT2D eigenvalue weighted by atomic mass is 16.2. The maximum absolute atomic E-state index is 11.9. The van der Waals surface area contributed by atoms with Crippen molar-refractivity contribution in [2.75, 3.05) is 7.05 Å². The van der Waals surface area contributed by atoms with Gasteiger partial charge < -0.3 is 15.3 Å². The lowest BCUT2D eigenvalue weighted by Gasteiger charge is -2.52. The average molecular weight is 221 g/mol. The number of carbonyl (C=O) groups is 2. The monoisotopic (exact) mass is 221 g/mol. The zero-order valence-electron chi connectivity index (χ0n) is 9.71. The van der Waals surface area contributed by atoms with Crippen molar-refractivity contribution >= 4 is 19.5 Å². The molecule has 3 aliphatic rings. The first-order chi connectivity index (χ1) is 7.66. The second-order valence-electron chi connectivity index (χ2n) is 5.09. The first kappa shape index (κ1) is 11.6. The number of carbonyl (C=O) groups excluding carboxylic acids is 2. The molecule has 0 spiro atoms. The predicted octanol–water partition coefficient (Wildman–Crippen LogP) is 0.224. The molecule has 1 radical (unpaired) electrons. The van der Waals surface area contributed by atoms with Gasteiger partial charge >= 0.3 is 0 Å². The van der Waals surface area contributed by atoms with E-state index in [1.165, 1.54) is 7.41 Å². The minimum atomic E-state index is -0.126. The van der Waals surface area contributed by atoms with Gasteiger partial charge in [0.2, 0.25) is 5.91 Å². The van der Waals surface area contributed by atoms with E-state index in [9.17, 15) is 9.59 Å². The van der Waals surface area contributed by atoms with Gasteiger partial charge in [-0.25, -0.2) is 0 Å². The van der Waals surface area contributed by atoms with Crippen LogP contribution in [0.2, 0.25) is 0 Å². The molecule has 0 unspecified atom stereocenters. The second-order valence-corrected chi connectivity index (χ2v) is 5.09. The molecule has 3 fully saturated rings. The second kappa shape index (κ2) is 4.20. The number of hydrogen-bond acceptors (Lipinski definition) is 3. The van der Waals surface area contributed by atoms with E-state index in [0.717, 1.165) is 44.7 Å². The van der Waals surface area contributed by atoms with Crippen LogP contribution in [0.25, 0.3) is 0 Å². The van der Waals surface area contributed by atoms with E-state index < -0.39 is 0 Å². The summed E-state index contributed by atoms with van der Waals surface area (Å²) in [5.41, 5.74) is -0.0456. The molecule has 87 valence electrons. The Labute approximate surface area is 96.8 Å². The molecular formula is C11H18BN2O2. The molecule has 0 aromatic carbocycles. The largest absolute Gasteiger partial charge is 0.359 e. The van der Waals surface area contributed by atoms with Gasteiger partial charge in [0.25, 0.3) is 7.41 Å². The molecule has 4 nitrogen and oxygen atoms in total. The van der Waals surface area contributed by atoms with Crippen molar-refractivity contribution in [3.8, 4) is 0 Å². The molecule has 0 heterocycles. The van der Waals surface area contributed by atoms with Crippen molar-refractivity contribution in [1.82, 2.24) is 10.5 Å². The molecule has 0 aromatic rings. The third kappa shape index (κ3) is 1.77. The number of hydrogen-bond donors (Lipinski definition) is 2. The lowest BCUT2D eigenvalue weighted by Crippen LogP contribution is -2.59. The van der Waals surface area contributed by atoms with Gasteiger partial charge in [0.1, 0.15) is 0 Å². The van der Waals surface area contributed by atoms with Gasteiger partial charge in [-0.2, -0.15) is 0 Å². The Morgan fingerprint density at radius 1 is 1.19 bits per heavy atom. The molecule has 2 bridgehead atoms. The standard InChI is InChI=1S/C11H18BN2O2/c1-13-9(16)10-2-5-11(6-3-10,7-4-10)14-12-8-15/h8,14H,2-7H2,1H3,(H,13,16). The fourth-order valence-electron chi connectivity index (χ4n) is 3.22. The Morgan fingerprint density at radius 2 is 1.75 bits per heavy atom. The lowest BCUT2D eigenvalue weighted by molar-refractivity contribution is -0.137. The maximum atomic E-state index is 11.9. The highest BCUT2D eigenvalue weighted by molar-refractivity contribution is 6.64. The topological polar surface area (TPSA) is 58.2 Å². The summed E-state index contributed by atoms with van der Waals surface area (Å²) < 4.78 is 0. The summed E-state index contributed by atoms with van der Waals surface area (Å²) in [4.78, 5) is 22.2. The Kier molecular flexibility index (Phi) is 3.06. The van der Waals surface area contributed by atoms with Gasteiger partial charge in [-0.05, 0) is 38.5 Å². The zero-order valence-corrected chi connectivity index (χ0v) is 9.71. The summed E-state index contributed by atoms with van der Waals surface area (Å²) in [7, 11) is 3.21. The Hall–Kier alpha value is -0.835. The molecule has 0 aromatic heterocycles. The van der Waals surface area contributed by atoms with E-state index in [1.807, 2.05) is 0 Å². The number of nitrogens with one attached hydrogen (secondary N) is 2. The van der Waals surface area contributed by atoms with Crippen LogP contribution in [0.3, 0.4) is 0 Å². The smallest absolute Gasteiger partial charge is 0.290 e. The summed E-state index contributed by atoms with van der Waals surface area (Å²) in [6.07, 6.45) is 6.58. The van der Waals surface area contributed by atoms with Crippen molar-refractivity contribution in [3.05, 3.63) is 0 Å². The van der Waals surface area contributed by atoms with Gasteiger partial charge in [-0.15, -0.1) is 0 Å². The van der Waals surface area contributed by atoms with Crippen molar-refractivity contribution in [2.24, 2.45) is 5.41 Å². The quantitative estimate of drug-likeness (QED) is 0.527. The Balaban J connectivity index is 2.02. The summed E-state index contributed by atoms with van der Waals surface area (Å²) in [6, 6.07) is 0. The average Bonchev–Trinajstić information content (AvgIpc) is 2.37. The summed E-state index contributed by atoms with van der Waals surface area (Å²) >= 11 is 0. The molecule has 0 saturated heterocycles. The van der Waals surface area contributed by atoms with Gasteiger partial charge in [0.15, 0.2) is 0 Å². The lowest BCUT2D eigenvalue weighted by atomic mass is 9.56. The van der Waals surface area contributed by atoms with E-state index >= 15 is 0 Å². The molecule has 2 N–H and O–H groups in total. The Bertz CT molecular complexity index is 282. The van der Waals surface area contributed by atoms with Gasteiger partial charge in [-0.3, -0.25) is 4.79 Å². The molecule has 5 heteroatoms. The van der Waals surface area contributed by atoms with Crippen LogP contribution in [-0.4, -0.2) is 32.1 Å². The molecule has 3 saturated carbocycles. The van der Waals surface area contributed by atoms with E-state index in [0.29, 0.717) is 0 Å². The van der Waals surface area contributed by atoms with Crippen molar-refractivity contribution < 1.29 is 9.59 Å². The van der Waals surface area contributed by atoms with Gasteiger partial charge in [0.05, 0.1) is 6.19 Å². The molecule has 16 heavy (non-hydrogen) atoms. The highest BCUT2D eigenvalue weighted by Gasteiger charge is 2.51. The van der Waals surface area contributed by atoms with E-state index in [-0.39, 0.29) is 16.9 Å². The summed E-state index contributed by atoms with van der Waals surface area (Å²) in [5, 5.41) is 6.01. The van der Waals surface area contributed by atoms with Gasteiger partial charge in [-0.1, -0.05) is 0 Å². The molecule has 0 aliphatic heterocycles. The van der Waals surface area contributed by atoms with E-state index in [1.54, 1.807) is 7.05 Å². The van der Waals surface area contributed by atoms with Crippen LogP contribution in [0.15, 0.2) is 0 Å². The summed E-state index contributed by atoms with van der Waals surface area (Å²) in [6.45, 7) is 0. The van der Waals surface area contributed by atoms with Crippen LogP contribution in [0.5, 0.6) is 0 Å². The zero-order chi connectivity index (χ0) is 11.6. The SMILES string of the molecule is CNC(=O)C12CCC(N[B]C=O)(CC1)CC2. The minimum Gasteiger partial charge on any atom is -0.359 e. The number of rotatable bonds is 4. The first-order valence-corrected chi connectivity index (χ1v) is 5.93. The van der Waals surface area contributed by atoms with Crippen LogP contribution in [0.1, 0.15) is 38.5 Å². The Morgan fingerprint density at radius 3 is 2.19 bits per heavy atom. The molecular weight excluding hydrogens is 203 g/mol. The van der Waals surface area contributed by atoms with Crippen LogP contribution in [-0.2, 0) is 9.59 Å². The molecule has 3 rings (SSSR count). The van der Waals surface area contributed by atoms with E-state index in [4.69, 9.17) is 0 Å². The molecule has 0 atom stereocenters. The fraction of sp³-hybridized carbons (Fsp3) is 0.818. The normalized spacial score (nSPS) is 36.8. The third-order valence-electron chi connectivity index (χ3n) is 4.41. The third-order valence-corrected chi connectivity index (χ3v) is 4.41. The van der Waals surface area contributed by atoms with Crippen molar-refractivity contribution in [2.45, 2.75) is 44.1 Å². The fourth-order valence-corrected chi connectivity index (χ4v) is 3.22. The van der Waals surface area contributed by atoms with Crippen molar-refractivity contribution in [3.63, 3.8) is 0 Å². The number of amides is 1.